The number of aromatic nitrogens is 1. The number of hydrogen-bond donors (Lipinski definition) is 1. The molecule has 3 unspecified atom stereocenters. The Morgan fingerprint density at radius 2 is 2.10 bits per heavy atom. The molecule has 5 heteroatoms. The lowest BCUT2D eigenvalue weighted by Crippen LogP contribution is -2.37. The van der Waals surface area contributed by atoms with E-state index in [1.165, 1.54) is 0 Å². The van der Waals surface area contributed by atoms with Gasteiger partial charge in [-0.15, -0.1) is 11.8 Å². The minimum atomic E-state index is -0.686. The van der Waals surface area contributed by atoms with Gasteiger partial charge in [0, 0.05) is 11.4 Å². The van der Waals surface area contributed by atoms with Crippen molar-refractivity contribution in [1.29, 1.82) is 0 Å². The van der Waals surface area contributed by atoms with E-state index in [9.17, 15) is 9.90 Å². The molecule has 1 fully saturated rings. The van der Waals surface area contributed by atoms with Crippen molar-refractivity contribution in [3.05, 3.63) is 23.4 Å². The van der Waals surface area contributed by atoms with Crippen molar-refractivity contribution >= 4 is 29.3 Å². The molecule has 3 nitrogen and oxygen atoms in total. The van der Waals surface area contributed by atoms with Crippen LogP contribution in [0.3, 0.4) is 0 Å². The lowest BCUT2D eigenvalue weighted by molar-refractivity contribution is -0.143. The molecule has 1 aliphatic carbocycles. The average molecular weight is 328 g/mol. The van der Waals surface area contributed by atoms with Crippen molar-refractivity contribution in [2.75, 3.05) is 0 Å². The number of nitrogens with zero attached hydrogens (tertiary/aromatic N) is 1. The highest BCUT2D eigenvalue weighted by atomic mass is 35.5. The van der Waals surface area contributed by atoms with Crippen LogP contribution < -0.4 is 0 Å². The fraction of sp³-hybridized carbons (Fsp3) is 0.625. The summed E-state index contributed by atoms with van der Waals surface area (Å²) >= 11 is 7.43. The van der Waals surface area contributed by atoms with E-state index in [0.717, 1.165) is 24.3 Å². The van der Waals surface area contributed by atoms with Crippen molar-refractivity contribution in [2.45, 2.75) is 50.3 Å². The molecule has 1 aromatic heterocycles. The zero-order valence-electron chi connectivity index (χ0n) is 12.7. The summed E-state index contributed by atoms with van der Waals surface area (Å²) in [4.78, 5) is 15.8. The van der Waals surface area contributed by atoms with Gasteiger partial charge in [0.25, 0.3) is 0 Å². The summed E-state index contributed by atoms with van der Waals surface area (Å²) in [7, 11) is 0. The van der Waals surface area contributed by atoms with E-state index in [4.69, 9.17) is 11.6 Å². The standard InChI is InChI=1S/C16H22ClNO2S/c1-16(2,3)10-4-6-12(15(19)20)13(8-10)21-14-7-5-11(17)9-18-14/h5,7,9-10,12-13H,4,6,8H2,1-3H3,(H,19,20). The summed E-state index contributed by atoms with van der Waals surface area (Å²) < 4.78 is 0. The van der Waals surface area contributed by atoms with Gasteiger partial charge in [0.1, 0.15) is 0 Å². The first kappa shape index (κ1) is 16.6. The van der Waals surface area contributed by atoms with E-state index in [0.29, 0.717) is 10.9 Å². The third-order valence-electron chi connectivity index (χ3n) is 4.31. The quantitative estimate of drug-likeness (QED) is 0.871. The van der Waals surface area contributed by atoms with Crippen LogP contribution in [-0.2, 0) is 4.79 Å². The van der Waals surface area contributed by atoms with Crippen LogP contribution in [0.4, 0.5) is 0 Å². The van der Waals surface area contributed by atoms with Crippen molar-refractivity contribution in [3.63, 3.8) is 0 Å². The number of carboxylic acids is 1. The van der Waals surface area contributed by atoms with E-state index in [2.05, 4.69) is 25.8 Å². The number of carboxylic acid groups (broad SMARTS) is 1. The Bertz CT molecular complexity index is 498. The van der Waals surface area contributed by atoms with Gasteiger partial charge in [0.2, 0.25) is 0 Å². The van der Waals surface area contributed by atoms with Crippen molar-refractivity contribution < 1.29 is 9.90 Å². The van der Waals surface area contributed by atoms with Gasteiger partial charge in [-0.1, -0.05) is 32.4 Å². The van der Waals surface area contributed by atoms with Crippen LogP contribution in [0.1, 0.15) is 40.0 Å². The van der Waals surface area contributed by atoms with Crippen LogP contribution in [0, 0.1) is 17.3 Å². The maximum Gasteiger partial charge on any atom is 0.307 e. The van der Waals surface area contributed by atoms with E-state index in [1.807, 2.05) is 6.07 Å². The highest BCUT2D eigenvalue weighted by molar-refractivity contribution is 7.99. The van der Waals surface area contributed by atoms with E-state index in [1.54, 1.807) is 24.0 Å². The van der Waals surface area contributed by atoms with Crippen molar-refractivity contribution in [1.82, 2.24) is 4.98 Å². The summed E-state index contributed by atoms with van der Waals surface area (Å²) in [5.41, 5.74) is 0.218. The van der Waals surface area contributed by atoms with E-state index in [-0.39, 0.29) is 16.6 Å². The third-order valence-corrected chi connectivity index (χ3v) is 5.84. The molecule has 0 amide bonds. The molecular formula is C16H22ClNO2S. The lowest BCUT2D eigenvalue weighted by Gasteiger charge is -2.40. The van der Waals surface area contributed by atoms with Crippen LogP contribution in [0.5, 0.6) is 0 Å². The van der Waals surface area contributed by atoms with E-state index >= 15 is 0 Å². The van der Waals surface area contributed by atoms with Gasteiger partial charge in [0.05, 0.1) is 16.0 Å². The molecule has 1 saturated carbocycles. The second kappa shape index (κ2) is 6.57. The average Bonchev–Trinajstić information content (AvgIpc) is 2.40. The first-order chi connectivity index (χ1) is 9.77. The van der Waals surface area contributed by atoms with E-state index < -0.39 is 5.97 Å². The largest absolute Gasteiger partial charge is 0.481 e. The Labute approximate surface area is 135 Å². The fourth-order valence-corrected chi connectivity index (χ4v) is 4.34. The van der Waals surface area contributed by atoms with Gasteiger partial charge in [-0.25, -0.2) is 4.98 Å². The van der Waals surface area contributed by atoms with Crippen molar-refractivity contribution in [3.8, 4) is 0 Å². The molecule has 1 aromatic rings. The second-order valence-electron chi connectivity index (χ2n) is 6.79. The molecule has 1 aliphatic rings. The number of halogens is 1. The summed E-state index contributed by atoms with van der Waals surface area (Å²) in [6, 6.07) is 3.67. The molecule has 3 atom stereocenters. The first-order valence-corrected chi connectivity index (χ1v) is 8.54. The van der Waals surface area contributed by atoms with Crippen LogP contribution in [0.15, 0.2) is 23.4 Å². The molecule has 116 valence electrons. The number of hydrogen-bond acceptors (Lipinski definition) is 3. The topological polar surface area (TPSA) is 50.2 Å². The van der Waals surface area contributed by atoms with Gasteiger partial charge in [-0.2, -0.15) is 0 Å². The van der Waals surface area contributed by atoms with Crippen LogP contribution in [0.25, 0.3) is 0 Å². The zero-order chi connectivity index (χ0) is 15.6. The van der Waals surface area contributed by atoms with Crippen molar-refractivity contribution in [2.24, 2.45) is 17.3 Å². The number of pyridine rings is 1. The molecular weight excluding hydrogens is 306 g/mol. The second-order valence-corrected chi connectivity index (χ2v) is 8.49. The Morgan fingerprint density at radius 1 is 1.38 bits per heavy atom. The molecule has 1 N–H and O–H groups in total. The molecule has 1 heterocycles. The van der Waals surface area contributed by atoms with Crippen LogP contribution in [-0.4, -0.2) is 21.3 Å². The molecule has 2 rings (SSSR count). The molecule has 0 aromatic carbocycles. The van der Waals surface area contributed by atoms with Gasteiger partial charge < -0.3 is 5.11 Å². The first-order valence-electron chi connectivity index (χ1n) is 7.28. The molecule has 0 spiro atoms. The summed E-state index contributed by atoms with van der Waals surface area (Å²) in [6.07, 6.45) is 4.28. The Hall–Kier alpha value is -0.740. The smallest absolute Gasteiger partial charge is 0.307 e. The highest BCUT2D eigenvalue weighted by Crippen LogP contribution is 2.45. The predicted molar refractivity (Wildman–Crippen MR) is 86.8 cm³/mol. The minimum absolute atomic E-state index is 0.0779. The van der Waals surface area contributed by atoms with Crippen LogP contribution >= 0.6 is 23.4 Å². The van der Waals surface area contributed by atoms with Gasteiger partial charge in [-0.3, -0.25) is 4.79 Å². The van der Waals surface area contributed by atoms with Gasteiger partial charge in [-0.05, 0) is 42.7 Å². The summed E-state index contributed by atoms with van der Waals surface area (Å²) in [5.74, 6) is -0.419. The molecule has 0 bridgehead atoms. The zero-order valence-corrected chi connectivity index (χ0v) is 14.2. The molecule has 0 saturated heterocycles. The highest BCUT2D eigenvalue weighted by Gasteiger charge is 2.39. The number of carbonyl (C=O) groups is 1. The Morgan fingerprint density at radius 3 is 2.62 bits per heavy atom. The summed E-state index contributed by atoms with van der Waals surface area (Å²) in [5, 5.41) is 11.0. The predicted octanol–water partition coefficient (Wildman–Crippen LogP) is 4.74. The Balaban J connectivity index is 2.14. The lowest BCUT2D eigenvalue weighted by atomic mass is 9.69. The molecule has 0 radical (unpaired) electrons. The number of thioether (sulfide) groups is 1. The molecule has 21 heavy (non-hydrogen) atoms. The monoisotopic (exact) mass is 327 g/mol. The normalized spacial score (nSPS) is 26.6. The maximum atomic E-state index is 11.5. The molecule has 0 aliphatic heterocycles. The van der Waals surface area contributed by atoms with Gasteiger partial charge in [0.15, 0.2) is 0 Å². The SMILES string of the molecule is CC(C)(C)C1CCC(C(=O)O)C(Sc2ccc(Cl)cn2)C1. The summed E-state index contributed by atoms with van der Waals surface area (Å²) in [6.45, 7) is 6.71. The van der Waals surface area contributed by atoms with Gasteiger partial charge >= 0.3 is 5.97 Å². The maximum absolute atomic E-state index is 11.5. The van der Waals surface area contributed by atoms with Crippen LogP contribution in [0.2, 0.25) is 5.02 Å². The number of aliphatic carboxylic acids is 1. The Kier molecular flexibility index (Phi) is 5.20. The minimum Gasteiger partial charge on any atom is -0.481 e. The third kappa shape index (κ3) is 4.36. The number of rotatable bonds is 3. The fourth-order valence-electron chi connectivity index (χ4n) is 2.92.